The van der Waals surface area contributed by atoms with Crippen LogP contribution in [0.25, 0.3) is 11.3 Å². The molecule has 1 aliphatic heterocycles. The largest absolute Gasteiger partial charge is 0.325 e. The Morgan fingerprint density at radius 3 is 2.67 bits per heavy atom. The molecule has 0 spiro atoms. The first kappa shape index (κ1) is 24.5. The molecule has 5 rings (SSSR count). The Bertz CT molecular complexity index is 1580. The number of hydrogen-bond acceptors (Lipinski definition) is 6. The van der Waals surface area contributed by atoms with Crippen LogP contribution in [0.15, 0.2) is 93.5 Å². The zero-order chi connectivity index (χ0) is 25.3. The summed E-state index contributed by atoms with van der Waals surface area (Å²) in [6, 6.07) is 22.4. The zero-order valence-corrected chi connectivity index (χ0v) is 22.4. The van der Waals surface area contributed by atoms with Crippen LogP contribution in [0.3, 0.4) is 0 Å². The van der Waals surface area contributed by atoms with E-state index in [-0.39, 0.29) is 23.1 Å². The van der Waals surface area contributed by atoms with Crippen molar-refractivity contribution < 1.29 is 13.2 Å². The van der Waals surface area contributed by atoms with Crippen LogP contribution in [0.2, 0.25) is 0 Å². The Morgan fingerprint density at radius 1 is 1.06 bits per heavy atom. The molecule has 182 valence electrons. The molecule has 2 heterocycles. The first-order chi connectivity index (χ1) is 17.3. The third-order valence-electron chi connectivity index (χ3n) is 5.58. The van der Waals surface area contributed by atoms with E-state index >= 15 is 0 Å². The quantitative estimate of drug-likeness (QED) is 0.234. The molecule has 0 atom stereocenters. The van der Waals surface area contributed by atoms with Crippen molar-refractivity contribution in [2.24, 2.45) is 0 Å². The van der Waals surface area contributed by atoms with E-state index in [0.29, 0.717) is 27.8 Å². The molecule has 3 aromatic carbocycles. The van der Waals surface area contributed by atoms with Crippen molar-refractivity contribution in [3.63, 3.8) is 0 Å². The summed E-state index contributed by atoms with van der Waals surface area (Å²) >= 11 is 4.53. The number of sulfonamides is 1. The lowest BCUT2D eigenvalue weighted by molar-refractivity contribution is -0.113. The smallest absolute Gasteiger partial charge is 0.268 e. The molecule has 0 bridgehead atoms. The number of para-hydroxylation sites is 1. The van der Waals surface area contributed by atoms with Gasteiger partial charge < -0.3 is 5.32 Å². The highest BCUT2D eigenvalue weighted by Crippen LogP contribution is 2.42. The van der Waals surface area contributed by atoms with Gasteiger partial charge >= 0.3 is 0 Å². The number of benzene rings is 3. The van der Waals surface area contributed by atoms with Crippen LogP contribution in [0.5, 0.6) is 0 Å². The fourth-order valence-electron chi connectivity index (χ4n) is 3.99. The first-order valence-electron chi connectivity index (χ1n) is 11.0. The van der Waals surface area contributed by atoms with Crippen molar-refractivity contribution in [2.75, 3.05) is 15.4 Å². The number of rotatable bonds is 6. The van der Waals surface area contributed by atoms with Gasteiger partial charge in [-0.3, -0.25) is 9.10 Å². The third kappa shape index (κ3) is 5.02. The van der Waals surface area contributed by atoms with Crippen molar-refractivity contribution >= 4 is 55.0 Å². The third-order valence-corrected chi connectivity index (χ3v) is 8.69. The van der Waals surface area contributed by atoms with Gasteiger partial charge in [0.05, 0.1) is 29.9 Å². The summed E-state index contributed by atoms with van der Waals surface area (Å²) in [6.07, 6.45) is 1.34. The summed E-state index contributed by atoms with van der Waals surface area (Å²) in [5.74, 6) is -0.129. The molecule has 0 radical (unpaired) electrons. The van der Waals surface area contributed by atoms with Gasteiger partial charge in [0.25, 0.3) is 10.0 Å². The molecule has 1 aromatic heterocycles. The number of fused-ring (bicyclic) bond motifs is 3. The summed E-state index contributed by atoms with van der Waals surface area (Å²) in [4.78, 5) is 21.3. The van der Waals surface area contributed by atoms with Crippen molar-refractivity contribution in [2.45, 2.75) is 23.5 Å². The minimum atomic E-state index is -3.88. The van der Waals surface area contributed by atoms with E-state index in [1.807, 2.05) is 67.6 Å². The molecule has 36 heavy (non-hydrogen) atoms. The van der Waals surface area contributed by atoms with Crippen LogP contribution in [0.4, 0.5) is 11.4 Å². The average Bonchev–Trinajstić information content (AvgIpc) is 2.85. The molecule has 0 aliphatic carbocycles. The van der Waals surface area contributed by atoms with Crippen molar-refractivity contribution in [1.82, 2.24) is 9.97 Å². The summed E-state index contributed by atoms with van der Waals surface area (Å²) < 4.78 is 29.5. The molecule has 10 heteroatoms. The van der Waals surface area contributed by atoms with Crippen LogP contribution in [-0.4, -0.2) is 30.0 Å². The average molecular weight is 582 g/mol. The molecular formula is C26H21BrN4O3S2. The summed E-state index contributed by atoms with van der Waals surface area (Å²) in [5, 5.41) is 3.16. The molecule has 0 saturated carbocycles. The molecule has 4 aromatic rings. The Balaban J connectivity index is 1.41. The highest BCUT2D eigenvalue weighted by atomic mass is 79.9. The molecular weight excluding hydrogens is 560 g/mol. The van der Waals surface area contributed by atoms with Crippen LogP contribution in [0.1, 0.15) is 11.1 Å². The highest BCUT2D eigenvalue weighted by Gasteiger charge is 2.36. The Kier molecular flexibility index (Phi) is 6.83. The number of thioether (sulfide) groups is 1. The number of halogens is 1. The molecule has 1 amide bonds. The second-order valence-electron chi connectivity index (χ2n) is 8.23. The highest BCUT2D eigenvalue weighted by molar-refractivity contribution is 9.10. The Hall–Kier alpha value is -3.21. The van der Waals surface area contributed by atoms with Gasteiger partial charge in [0, 0.05) is 15.7 Å². The minimum absolute atomic E-state index is 0.0526. The van der Waals surface area contributed by atoms with E-state index in [4.69, 9.17) is 0 Å². The number of carbonyl (C=O) groups is 1. The summed E-state index contributed by atoms with van der Waals surface area (Å²) in [7, 11) is -3.88. The predicted molar refractivity (Wildman–Crippen MR) is 146 cm³/mol. The number of aromatic nitrogens is 2. The molecule has 0 fully saturated rings. The second-order valence-corrected chi connectivity index (χ2v) is 11.9. The van der Waals surface area contributed by atoms with E-state index in [1.54, 1.807) is 12.1 Å². The van der Waals surface area contributed by atoms with E-state index in [1.165, 1.54) is 10.5 Å². The van der Waals surface area contributed by atoms with E-state index < -0.39 is 10.0 Å². The molecule has 7 nitrogen and oxygen atoms in total. The number of nitrogens with zero attached hydrogens (tertiary/aromatic N) is 3. The predicted octanol–water partition coefficient (Wildman–Crippen LogP) is 5.65. The number of aryl methyl sites for hydroxylation is 1. The van der Waals surface area contributed by atoms with Crippen LogP contribution < -0.4 is 9.62 Å². The number of hydrogen-bond donors (Lipinski definition) is 1. The van der Waals surface area contributed by atoms with Crippen LogP contribution >= 0.6 is 27.7 Å². The number of anilines is 2. The van der Waals surface area contributed by atoms with Gasteiger partial charge in [0.1, 0.15) is 4.90 Å². The first-order valence-corrected chi connectivity index (χ1v) is 14.3. The van der Waals surface area contributed by atoms with E-state index in [2.05, 4.69) is 31.2 Å². The maximum Gasteiger partial charge on any atom is 0.268 e. The molecule has 0 unspecified atom stereocenters. The maximum absolute atomic E-state index is 13.6. The lowest BCUT2D eigenvalue weighted by Crippen LogP contribution is -2.34. The fraction of sp³-hybridized carbons (Fsp3) is 0.115. The molecule has 1 aliphatic rings. The Labute approximate surface area is 222 Å². The standard InChI is InChI=1S/C26H21BrN4O3S2/c1-17-6-4-7-18(12-17)15-31-22-11-3-2-10-21(22)25-23(36(31,33)34)14-28-26(30-25)35-16-24(32)29-20-9-5-8-19(27)13-20/h2-14H,15-16H2,1H3,(H,29,32). The summed E-state index contributed by atoms with van der Waals surface area (Å²) in [6.45, 7) is 2.18. The lowest BCUT2D eigenvalue weighted by atomic mass is 10.1. The molecule has 1 N–H and O–H groups in total. The lowest BCUT2D eigenvalue weighted by Gasteiger charge is -2.31. The van der Waals surface area contributed by atoms with Gasteiger partial charge in [-0.1, -0.05) is 81.8 Å². The summed E-state index contributed by atoms with van der Waals surface area (Å²) in [5.41, 5.74) is 4.24. The maximum atomic E-state index is 13.6. The van der Waals surface area contributed by atoms with E-state index in [0.717, 1.165) is 27.4 Å². The number of amides is 1. The minimum Gasteiger partial charge on any atom is -0.325 e. The normalized spacial score (nSPS) is 13.6. The molecule has 0 saturated heterocycles. The number of nitrogens with one attached hydrogen (secondary N) is 1. The van der Waals surface area contributed by atoms with Gasteiger partial charge in [0.2, 0.25) is 5.91 Å². The van der Waals surface area contributed by atoms with Gasteiger partial charge in [-0.15, -0.1) is 0 Å². The van der Waals surface area contributed by atoms with Crippen LogP contribution in [-0.2, 0) is 21.4 Å². The SMILES string of the molecule is Cc1cccc(CN2c3ccccc3-c3nc(SCC(=O)Nc4cccc(Br)c4)ncc3S2(=O)=O)c1. The topological polar surface area (TPSA) is 92.3 Å². The van der Waals surface area contributed by atoms with E-state index in [9.17, 15) is 13.2 Å². The van der Waals surface area contributed by atoms with Crippen molar-refractivity contribution in [1.29, 1.82) is 0 Å². The fourth-order valence-corrected chi connectivity index (χ4v) is 6.56. The van der Waals surface area contributed by atoms with Gasteiger partial charge in [-0.05, 0) is 36.8 Å². The van der Waals surface area contributed by atoms with Crippen molar-refractivity contribution in [3.05, 3.63) is 94.6 Å². The second kappa shape index (κ2) is 10.0. The van der Waals surface area contributed by atoms with Crippen LogP contribution in [0, 0.1) is 6.92 Å². The van der Waals surface area contributed by atoms with Gasteiger partial charge in [0.15, 0.2) is 5.16 Å². The van der Waals surface area contributed by atoms with Gasteiger partial charge in [-0.2, -0.15) is 0 Å². The Morgan fingerprint density at radius 2 is 1.86 bits per heavy atom. The monoisotopic (exact) mass is 580 g/mol. The van der Waals surface area contributed by atoms with Crippen molar-refractivity contribution in [3.8, 4) is 11.3 Å². The van der Waals surface area contributed by atoms with Gasteiger partial charge in [-0.25, -0.2) is 18.4 Å². The zero-order valence-electron chi connectivity index (χ0n) is 19.2. The number of carbonyl (C=O) groups excluding carboxylic acids is 1.